The van der Waals surface area contributed by atoms with E-state index in [2.05, 4.69) is 139 Å². The molecule has 0 fully saturated rings. The first-order chi connectivity index (χ1) is 35.9. The topological polar surface area (TPSA) is 233 Å². The number of carbonyl (C=O) groups is 6. The molecule has 0 spiro atoms. The van der Waals surface area contributed by atoms with Crippen LogP contribution in [0.15, 0.2) is 97.2 Å². The second kappa shape index (κ2) is 26.0. The molecule has 5 amide bonds. The molecular weight excluding hydrogens is 957 g/mol. The third-order valence-electron chi connectivity index (χ3n) is 14.3. The van der Waals surface area contributed by atoms with Gasteiger partial charge in [0, 0.05) is 98.1 Å². The van der Waals surface area contributed by atoms with Crippen molar-refractivity contribution < 1.29 is 48.1 Å². The average molecular weight is 1030 g/mol. The Morgan fingerprint density at radius 1 is 0.827 bits per heavy atom. The van der Waals surface area contributed by atoms with E-state index in [1.54, 1.807) is 0 Å². The van der Waals surface area contributed by atoms with Crippen molar-refractivity contribution in [3.05, 3.63) is 124 Å². The van der Waals surface area contributed by atoms with Gasteiger partial charge in [0.15, 0.2) is 12.3 Å². The van der Waals surface area contributed by atoms with E-state index in [0.29, 0.717) is 57.2 Å². The summed E-state index contributed by atoms with van der Waals surface area (Å²) in [5.74, 6) is -2.95. The highest BCUT2D eigenvalue weighted by Gasteiger charge is 2.43. The molecule has 3 aliphatic heterocycles. The van der Waals surface area contributed by atoms with Crippen LogP contribution in [0.5, 0.6) is 5.75 Å². The molecule has 400 valence electrons. The quantitative estimate of drug-likeness (QED) is 0.0160. The number of fused-ring (bicyclic) bond motifs is 3. The number of amides is 5. The van der Waals surface area contributed by atoms with Crippen LogP contribution in [-0.2, 0) is 46.0 Å². The smallest absolute Gasteiger partial charge is 0.341 e. The molecule has 0 aromatic heterocycles. The van der Waals surface area contributed by atoms with Crippen LogP contribution in [0.3, 0.4) is 0 Å². The Morgan fingerprint density at radius 3 is 2.23 bits per heavy atom. The minimum absolute atomic E-state index is 0.00978. The Hall–Kier alpha value is -7.63. The molecule has 1 atom stereocenters. The number of hydrogen-bond donors (Lipinski definition) is 5. The highest BCUT2D eigenvalue weighted by atomic mass is 16.6. The van der Waals surface area contributed by atoms with Gasteiger partial charge in [0.2, 0.25) is 35.2 Å². The summed E-state index contributed by atoms with van der Waals surface area (Å²) < 4.78 is 7.64. The van der Waals surface area contributed by atoms with Crippen LogP contribution in [0.1, 0.15) is 115 Å². The molecule has 3 aromatic rings. The molecule has 6 rings (SSSR count). The number of nitro groups is 1. The van der Waals surface area contributed by atoms with Gasteiger partial charge in [-0.3, -0.25) is 34.1 Å². The number of carboxylic acids is 1. The molecule has 75 heavy (non-hydrogen) atoms. The number of aliphatic carboxylic acids is 1. The van der Waals surface area contributed by atoms with Crippen LogP contribution < -0.4 is 35.8 Å². The fourth-order valence-corrected chi connectivity index (χ4v) is 10.3. The van der Waals surface area contributed by atoms with Crippen LogP contribution in [-0.4, -0.2) is 108 Å². The minimum atomic E-state index is -1.23. The summed E-state index contributed by atoms with van der Waals surface area (Å²) in [5.41, 5.74) is 7.17. The first-order valence-corrected chi connectivity index (χ1v) is 26.0. The number of ether oxygens (including phenoxy) is 1. The van der Waals surface area contributed by atoms with E-state index in [1.165, 1.54) is 51.0 Å². The maximum atomic E-state index is 13.7. The summed E-state index contributed by atoms with van der Waals surface area (Å²) in [6.07, 6.45) is 12.7. The van der Waals surface area contributed by atoms with Crippen molar-refractivity contribution in [2.75, 3.05) is 56.2 Å². The van der Waals surface area contributed by atoms with E-state index in [1.807, 2.05) is 0 Å². The SMILES string of the molecule is C=CC(=O)NCCCCCC(=O)N[C@@H](CCC(=O)N1CCc2c(OCC(=O)O)ccc([N+](=O)[O-])c21)C(=O)NCCCNC(=O)CCCCCN1/C(=C/C=C/C2=[N+](C)c3ccccc3C2(C)C)C(C)(C)c2ccccc21. The molecule has 3 aliphatic rings. The van der Waals surface area contributed by atoms with E-state index < -0.39 is 41.3 Å². The average Bonchev–Trinajstić information content (AvgIpc) is 3.98. The lowest BCUT2D eigenvalue weighted by Crippen LogP contribution is -2.47. The Morgan fingerprint density at radius 2 is 1.51 bits per heavy atom. The lowest BCUT2D eigenvalue weighted by molar-refractivity contribution is -0.401. The highest BCUT2D eigenvalue weighted by molar-refractivity contribution is 6.03. The Labute approximate surface area is 439 Å². The number of nitrogens with one attached hydrogen (secondary N) is 4. The number of nitrogens with zero attached hydrogens (tertiary/aromatic N) is 4. The van der Waals surface area contributed by atoms with Gasteiger partial charge in [-0.2, -0.15) is 4.58 Å². The van der Waals surface area contributed by atoms with Crippen LogP contribution >= 0.6 is 0 Å². The molecule has 3 aromatic carbocycles. The van der Waals surface area contributed by atoms with Gasteiger partial charge < -0.3 is 40.9 Å². The number of anilines is 2. The van der Waals surface area contributed by atoms with Crippen LogP contribution in [0.4, 0.5) is 22.7 Å². The first kappa shape index (κ1) is 56.7. The third kappa shape index (κ3) is 14.2. The molecule has 0 unspecified atom stereocenters. The largest absolute Gasteiger partial charge is 0.482 e. The summed E-state index contributed by atoms with van der Waals surface area (Å²) in [6, 6.07) is 18.5. The van der Waals surface area contributed by atoms with Gasteiger partial charge in [-0.25, -0.2) is 4.79 Å². The van der Waals surface area contributed by atoms with Gasteiger partial charge in [-0.1, -0.05) is 75.7 Å². The van der Waals surface area contributed by atoms with Crippen molar-refractivity contribution in [1.29, 1.82) is 0 Å². The molecule has 5 N–H and O–H groups in total. The molecule has 0 aliphatic carbocycles. The van der Waals surface area contributed by atoms with Crippen molar-refractivity contribution in [3.63, 3.8) is 0 Å². The number of para-hydroxylation sites is 2. The van der Waals surface area contributed by atoms with Gasteiger partial charge in [-0.05, 0) is 88.6 Å². The molecule has 0 bridgehead atoms. The molecule has 18 heteroatoms. The van der Waals surface area contributed by atoms with Crippen molar-refractivity contribution in [2.45, 2.75) is 122 Å². The van der Waals surface area contributed by atoms with E-state index >= 15 is 0 Å². The molecule has 3 heterocycles. The zero-order chi connectivity index (χ0) is 54.3. The van der Waals surface area contributed by atoms with Crippen molar-refractivity contribution in [1.82, 2.24) is 21.3 Å². The first-order valence-electron chi connectivity index (χ1n) is 26.0. The number of unbranched alkanes of at least 4 members (excludes halogenated alkanes) is 4. The van der Waals surface area contributed by atoms with Gasteiger partial charge in [0.25, 0.3) is 5.69 Å². The molecule has 18 nitrogen and oxygen atoms in total. The maximum absolute atomic E-state index is 13.7. The highest BCUT2D eigenvalue weighted by Crippen LogP contribution is 2.48. The fraction of sp³-hybridized carbons (Fsp3) is 0.456. The van der Waals surface area contributed by atoms with Crippen LogP contribution in [0, 0.1) is 10.1 Å². The normalized spacial score (nSPS) is 15.8. The maximum Gasteiger partial charge on any atom is 0.341 e. The number of carbonyl (C=O) groups excluding carboxylic acids is 5. The summed E-state index contributed by atoms with van der Waals surface area (Å²) >= 11 is 0. The Bertz CT molecular complexity index is 2740. The predicted octanol–water partition coefficient (Wildman–Crippen LogP) is 7.20. The molecule has 0 saturated heterocycles. The Kier molecular flexibility index (Phi) is 19.7. The number of allylic oxidation sites excluding steroid dienone is 4. The second-order valence-corrected chi connectivity index (χ2v) is 20.2. The monoisotopic (exact) mass is 1030 g/mol. The van der Waals surface area contributed by atoms with Crippen molar-refractivity contribution >= 4 is 64.0 Å². The van der Waals surface area contributed by atoms with Gasteiger partial charge in [0.05, 0.1) is 10.3 Å². The number of carboxylic acid groups (broad SMARTS) is 1. The zero-order valence-electron chi connectivity index (χ0n) is 44.0. The second-order valence-electron chi connectivity index (χ2n) is 20.2. The van der Waals surface area contributed by atoms with Crippen LogP contribution in [0.2, 0.25) is 0 Å². The molecule has 0 radical (unpaired) electrons. The number of nitro benzene ring substituents is 1. The Balaban J connectivity index is 0.971. The molecule has 0 saturated carbocycles. The van der Waals surface area contributed by atoms with Gasteiger partial charge >= 0.3 is 5.97 Å². The van der Waals surface area contributed by atoms with Gasteiger partial charge in [0.1, 0.15) is 24.5 Å². The van der Waals surface area contributed by atoms with Crippen molar-refractivity contribution in [3.8, 4) is 5.75 Å². The summed E-state index contributed by atoms with van der Waals surface area (Å²) in [6.45, 7) is 13.6. The van der Waals surface area contributed by atoms with Gasteiger partial charge in [-0.15, -0.1) is 0 Å². The van der Waals surface area contributed by atoms with E-state index in [-0.39, 0.29) is 78.5 Å². The number of rotatable bonds is 28. The summed E-state index contributed by atoms with van der Waals surface area (Å²) in [5, 5.41) is 32.3. The summed E-state index contributed by atoms with van der Waals surface area (Å²) in [4.78, 5) is 90.9. The minimum Gasteiger partial charge on any atom is -0.482 e. The van der Waals surface area contributed by atoms with Crippen molar-refractivity contribution in [2.24, 2.45) is 0 Å². The summed E-state index contributed by atoms with van der Waals surface area (Å²) in [7, 11) is 2.13. The predicted molar refractivity (Wildman–Crippen MR) is 289 cm³/mol. The van der Waals surface area contributed by atoms with E-state index in [9.17, 15) is 38.9 Å². The lowest BCUT2D eigenvalue weighted by Gasteiger charge is -2.27. The third-order valence-corrected chi connectivity index (χ3v) is 14.3. The number of hydrogen-bond acceptors (Lipinski definition) is 10. The van der Waals surface area contributed by atoms with E-state index in [0.717, 1.165) is 25.5 Å². The lowest BCUT2D eigenvalue weighted by atomic mass is 9.81. The molecular formula is C57H73N8O10+. The fourth-order valence-electron chi connectivity index (χ4n) is 10.3. The number of benzene rings is 3. The van der Waals surface area contributed by atoms with Crippen LogP contribution in [0.25, 0.3) is 0 Å². The zero-order valence-corrected chi connectivity index (χ0v) is 44.0. The standard InChI is InChI=1S/C57H72N8O10/c1-7-49(66)58-33-16-8-10-27-51(68)61-42(28-31-52(69)64-37-32-39-46(75-38-53(70)71)30-29-45(54(39)64)65(73)74)55(72)60-35-19-34-59-50(67)26-11-9-17-36-63-44-23-15-13-21-41(44)57(4,5)48(63)25-18-24-47-56(2,3)40-20-12-14-22-43(40)62(47)6/h7,12-15,18,20-25,29-30,42H,1,8-11,16-17,19,26-28,31-38H2,2-6H3,(H4-,58,59,60,61,66,67,68,70,71,72)/p+1/t42-/m0/s1. The van der Waals surface area contributed by atoms with E-state index in [4.69, 9.17) is 9.84 Å².